The number of hydrogen-bond acceptors (Lipinski definition) is 5. The first kappa shape index (κ1) is 21.6. The molecule has 6 rings (SSSR count). The van der Waals surface area contributed by atoms with Crippen LogP contribution in [0.3, 0.4) is 0 Å². The van der Waals surface area contributed by atoms with Crippen molar-refractivity contribution in [1.29, 1.82) is 0 Å². The lowest BCUT2D eigenvalue weighted by molar-refractivity contribution is 0.0361. The molecule has 9 heteroatoms. The molecule has 5 aromatic rings. The summed E-state index contributed by atoms with van der Waals surface area (Å²) in [6.07, 6.45) is 1.94. The van der Waals surface area contributed by atoms with Crippen molar-refractivity contribution in [2.24, 2.45) is 7.05 Å². The number of morpholine rings is 1. The highest BCUT2D eigenvalue weighted by Crippen LogP contribution is 2.28. The lowest BCUT2D eigenvalue weighted by Gasteiger charge is -2.26. The Labute approximate surface area is 201 Å². The van der Waals surface area contributed by atoms with E-state index >= 15 is 0 Å². The molecule has 0 aliphatic carbocycles. The zero-order chi connectivity index (χ0) is 23.9. The molecule has 2 aromatic carbocycles. The zero-order valence-electron chi connectivity index (χ0n) is 19.5. The lowest BCUT2D eigenvalue weighted by Crippen LogP contribution is -2.44. The molecule has 0 atom stereocenters. The molecular weight excluding hydrogens is 444 g/mol. The molecule has 1 fully saturated rings. The minimum absolute atomic E-state index is 0.319. The Bertz CT molecular complexity index is 1620. The van der Waals surface area contributed by atoms with Gasteiger partial charge in [-0.05, 0) is 12.1 Å². The smallest absolute Gasteiger partial charge is 0.332 e. The molecule has 0 spiro atoms. The van der Waals surface area contributed by atoms with Crippen LogP contribution < -0.4 is 11.2 Å². The second kappa shape index (κ2) is 8.68. The average molecular weight is 471 g/mol. The van der Waals surface area contributed by atoms with Crippen LogP contribution in [-0.4, -0.2) is 60.8 Å². The van der Waals surface area contributed by atoms with Gasteiger partial charge in [-0.2, -0.15) is 4.98 Å². The fourth-order valence-electron chi connectivity index (χ4n) is 4.80. The summed E-state index contributed by atoms with van der Waals surface area (Å²) in [5.74, 6) is 0.586. The Morgan fingerprint density at radius 1 is 0.914 bits per heavy atom. The van der Waals surface area contributed by atoms with Crippen molar-refractivity contribution in [1.82, 2.24) is 28.0 Å². The number of hydrogen-bond donors (Lipinski definition) is 0. The van der Waals surface area contributed by atoms with E-state index in [1.54, 1.807) is 7.05 Å². The van der Waals surface area contributed by atoms with Gasteiger partial charge in [-0.25, -0.2) is 4.79 Å². The number of rotatable bonds is 5. The van der Waals surface area contributed by atoms with Gasteiger partial charge in [0.1, 0.15) is 0 Å². The summed E-state index contributed by atoms with van der Waals surface area (Å²) in [6, 6.07) is 19.9. The van der Waals surface area contributed by atoms with Crippen molar-refractivity contribution in [3.63, 3.8) is 0 Å². The van der Waals surface area contributed by atoms with E-state index in [0.29, 0.717) is 43.2 Å². The first-order valence-corrected chi connectivity index (χ1v) is 11.8. The van der Waals surface area contributed by atoms with Crippen LogP contribution in [-0.2, 0) is 18.3 Å². The van der Waals surface area contributed by atoms with Crippen LogP contribution in [0.2, 0.25) is 0 Å². The van der Waals surface area contributed by atoms with E-state index in [4.69, 9.17) is 9.72 Å². The fourth-order valence-corrected chi connectivity index (χ4v) is 4.80. The van der Waals surface area contributed by atoms with Gasteiger partial charge in [-0.1, -0.05) is 48.5 Å². The maximum absolute atomic E-state index is 13.7. The molecule has 0 saturated carbocycles. The number of nitrogens with zero attached hydrogens (tertiary/aromatic N) is 6. The van der Waals surface area contributed by atoms with Crippen LogP contribution >= 0.6 is 0 Å². The standard InChI is InChI=1S/C26H26N6O3/c1-28-23-22(24(33)30(26(28)34)13-12-29-14-16-35-17-15-29)31-18-21(19-8-4-2-5-9-19)32(25(31)27-23)20-10-6-3-7-11-20/h2-11,18H,12-17H2,1H3. The Kier molecular flexibility index (Phi) is 5.35. The van der Waals surface area contributed by atoms with Crippen LogP contribution in [0, 0.1) is 0 Å². The average Bonchev–Trinajstić information content (AvgIpc) is 3.46. The maximum atomic E-state index is 13.7. The number of fused-ring (bicyclic) bond motifs is 3. The SMILES string of the molecule is Cn1c(=O)n(CCN2CCOCC2)c(=O)c2c1nc1n(-c3ccccc3)c(-c3ccccc3)cn21. The molecular formula is C26H26N6O3. The number of benzene rings is 2. The van der Waals surface area contributed by atoms with Gasteiger partial charge >= 0.3 is 5.69 Å². The van der Waals surface area contributed by atoms with E-state index in [9.17, 15) is 9.59 Å². The van der Waals surface area contributed by atoms with Crippen molar-refractivity contribution in [3.8, 4) is 16.9 Å². The zero-order valence-corrected chi connectivity index (χ0v) is 19.5. The highest BCUT2D eigenvalue weighted by Gasteiger charge is 2.23. The molecule has 0 bridgehead atoms. The van der Waals surface area contributed by atoms with Gasteiger partial charge in [0, 0.05) is 50.7 Å². The second-order valence-electron chi connectivity index (χ2n) is 8.76. The monoisotopic (exact) mass is 470 g/mol. The highest BCUT2D eigenvalue weighted by molar-refractivity contribution is 5.79. The second-order valence-corrected chi connectivity index (χ2v) is 8.76. The third kappa shape index (κ3) is 3.60. The Balaban J connectivity index is 1.57. The Morgan fingerprint density at radius 2 is 1.60 bits per heavy atom. The molecule has 0 unspecified atom stereocenters. The van der Waals surface area contributed by atoms with Gasteiger partial charge in [0.2, 0.25) is 5.78 Å². The third-order valence-corrected chi connectivity index (χ3v) is 6.68. The summed E-state index contributed by atoms with van der Waals surface area (Å²) in [4.78, 5) is 33.8. The predicted octanol–water partition coefficient (Wildman–Crippen LogP) is 2.14. The number of para-hydroxylation sites is 1. The normalized spacial score (nSPS) is 14.8. The summed E-state index contributed by atoms with van der Waals surface area (Å²) in [5, 5.41) is 0. The van der Waals surface area contributed by atoms with E-state index in [1.165, 1.54) is 9.13 Å². The van der Waals surface area contributed by atoms with Gasteiger partial charge in [-0.15, -0.1) is 0 Å². The third-order valence-electron chi connectivity index (χ3n) is 6.68. The molecule has 178 valence electrons. The van der Waals surface area contributed by atoms with E-state index in [-0.39, 0.29) is 11.2 Å². The van der Waals surface area contributed by atoms with Crippen molar-refractivity contribution >= 4 is 16.9 Å². The minimum atomic E-state index is -0.356. The van der Waals surface area contributed by atoms with Crippen LogP contribution in [0.5, 0.6) is 0 Å². The van der Waals surface area contributed by atoms with Crippen molar-refractivity contribution in [2.45, 2.75) is 6.54 Å². The topological polar surface area (TPSA) is 78.7 Å². The number of aryl methyl sites for hydroxylation is 1. The van der Waals surface area contributed by atoms with Crippen LogP contribution in [0.15, 0.2) is 76.4 Å². The molecule has 4 heterocycles. The largest absolute Gasteiger partial charge is 0.379 e. The van der Waals surface area contributed by atoms with Crippen LogP contribution in [0.1, 0.15) is 0 Å². The van der Waals surface area contributed by atoms with E-state index < -0.39 is 0 Å². The Hall–Kier alpha value is -3.95. The van der Waals surface area contributed by atoms with Gasteiger partial charge in [0.25, 0.3) is 5.56 Å². The van der Waals surface area contributed by atoms with Crippen LogP contribution in [0.25, 0.3) is 33.9 Å². The quantitative estimate of drug-likeness (QED) is 0.393. The molecule has 3 aromatic heterocycles. The van der Waals surface area contributed by atoms with Gasteiger partial charge < -0.3 is 4.74 Å². The van der Waals surface area contributed by atoms with E-state index in [2.05, 4.69) is 4.90 Å². The first-order valence-electron chi connectivity index (χ1n) is 11.8. The Morgan fingerprint density at radius 3 is 2.31 bits per heavy atom. The van der Waals surface area contributed by atoms with Crippen LogP contribution in [0.4, 0.5) is 0 Å². The summed E-state index contributed by atoms with van der Waals surface area (Å²) in [6.45, 7) is 3.88. The number of aromatic nitrogens is 5. The van der Waals surface area contributed by atoms with E-state index in [0.717, 1.165) is 30.0 Å². The van der Waals surface area contributed by atoms with Crippen molar-refractivity contribution in [2.75, 3.05) is 32.8 Å². The summed E-state index contributed by atoms with van der Waals surface area (Å²) in [5.41, 5.74) is 2.94. The first-order chi connectivity index (χ1) is 17.1. The lowest BCUT2D eigenvalue weighted by atomic mass is 10.1. The number of ether oxygens (including phenoxy) is 1. The van der Waals surface area contributed by atoms with Crippen molar-refractivity contribution in [3.05, 3.63) is 87.7 Å². The molecule has 1 saturated heterocycles. The summed E-state index contributed by atoms with van der Waals surface area (Å²) in [7, 11) is 1.67. The van der Waals surface area contributed by atoms with Gasteiger partial charge in [0.05, 0.1) is 18.9 Å². The summed E-state index contributed by atoms with van der Waals surface area (Å²) >= 11 is 0. The number of imidazole rings is 2. The minimum Gasteiger partial charge on any atom is -0.379 e. The molecule has 0 radical (unpaired) electrons. The highest BCUT2D eigenvalue weighted by atomic mass is 16.5. The predicted molar refractivity (Wildman–Crippen MR) is 134 cm³/mol. The van der Waals surface area contributed by atoms with Gasteiger partial charge in [0.15, 0.2) is 11.2 Å². The molecule has 0 N–H and O–H groups in total. The molecule has 1 aliphatic heterocycles. The van der Waals surface area contributed by atoms with Crippen molar-refractivity contribution < 1.29 is 4.74 Å². The molecule has 1 aliphatic rings. The molecule has 35 heavy (non-hydrogen) atoms. The molecule has 9 nitrogen and oxygen atoms in total. The summed E-state index contributed by atoms with van der Waals surface area (Å²) < 4.78 is 12.1. The maximum Gasteiger partial charge on any atom is 0.332 e. The van der Waals surface area contributed by atoms with Gasteiger partial charge in [-0.3, -0.25) is 27.8 Å². The fraction of sp³-hybridized carbons (Fsp3) is 0.269. The molecule has 0 amide bonds. The van der Waals surface area contributed by atoms with E-state index in [1.807, 2.05) is 75.8 Å².